The van der Waals surface area contributed by atoms with Crippen LogP contribution in [0.15, 0.2) is 34.9 Å². The Morgan fingerprint density at radius 1 is 1.38 bits per heavy atom. The highest BCUT2D eigenvalue weighted by atomic mass is 16.5. The predicted molar refractivity (Wildman–Crippen MR) is 78.3 cm³/mol. The summed E-state index contributed by atoms with van der Waals surface area (Å²) in [6, 6.07) is 7.64. The van der Waals surface area contributed by atoms with Crippen LogP contribution >= 0.6 is 0 Å². The number of hydrogen-bond acceptors (Lipinski definition) is 4. The van der Waals surface area contributed by atoms with Gasteiger partial charge in [0.1, 0.15) is 11.2 Å². The molecule has 2 heterocycles. The van der Waals surface area contributed by atoms with E-state index in [9.17, 15) is 4.79 Å². The number of aromatic amines is 1. The van der Waals surface area contributed by atoms with E-state index >= 15 is 0 Å². The zero-order chi connectivity index (χ0) is 14.8. The molecule has 0 aliphatic carbocycles. The van der Waals surface area contributed by atoms with E-state index in [0.717, 1.165) is 22.2 Å². The lowest BCUT2D eigenvalue weighted by Crippen LogP contribution is -2.06. The Hall–Kier alpha value is -2.56. The summed E-state index contributed by atoms with van der Waals surface area (Å²) in [7, 11) is 0. The van der Waals surface area contributed by atoms with Gasteiger partial charge in [0, 0.05) is 6.20 Å². The summed E-state index contributed by atoms with van der Waals surface area (Å²) >= 11 is 0. The Morgan fingerprint density at radius 3 is 2.95 bits per heavy atom. The number of rotatable bonds is 4. The standard InChI is InChI=1S/C16H16N2O3/c1-3-20-16(19)15-10(2)11(9-17-15)8-14-18-12-6-4-5-7-13(12)21-14/h4-7,9,17H,3,8H2,1-2H3. The van der Waals surface area contributed by atoms with Crippen molar-refractivity contribution in [2.45, 2.75) is 20.3 Å². The summed E-state index contributed by atoms with van der Waals surface area (Å²) in [5.41, 5.74) is 3.95. The first kappa shape index (κ1) is 13.4. The number of benzene rings is 1. The Balaban J connectivity index is 1.86. The number of nitrogens with zero attached hydrogens (tertiary/aromatic N) is 1. The lowest BCUT2D eigenvalue weighted by atomic mass is 10.1. The van der Waals surface area contributed by atoms with Gasteiger partial charge in [0.25, 0.3) is 0 Å². The summed E-state index contributed by atoms with van der Waals surface area (Å²) in [4.78, 5) is 19.2. The third-order valence-electron chi connectivity index (χ3n) is 3.41. The third kappa shape index (κ3) is 2.54. The molecule has 5 heteroatoms. The Kier molecular flexibility index (Phi) is 3.48. The van der Waals surface area contributed by atoms with E-state index in [-0.39, 0.29) is 5.97 Å². The van der Waals surface area contributed by atoms with Gasteiger partial charge in [-0.05, 0) is 37.1 Å². The van der Waals surface area contributed by atoms with Crippen LogP contribution in [0.3, 0.4) is 0 Å². The van der Waals surface area contributed by atoms with Crippen molar-refractivity contribution in [2.24, 2.45) is 0 Å². The van der Waals surface area contributed by atoms with Gasteiger partial charge in [-0.1, -0.05) is 12.1 Å². The SMILES string of the molecule is CCOC(=O)c1[nH]cc(Cc2nc3ccccc3o2)c1C. The number of carbonyl (C=O) groups excluding carboxylic acids is 1. The minimum absolute atomic E-state index is 0.334. The number of ether oxygens (including phenoxy) is 1. The molecule has 1 aromatic carbocycles. The summed E-state index contributed by atoms with van der Waals surface area (Å²) in [6.07, 6.45) is 2.34. The molecule has 21 heavy (non-hydrogen) atoms. The molecule has 3 rings (SSSR count). The van der Waals surface area contributed by atoms with Gasteiger partial charge in [-0.2, -0.15) is 0 Å². The fourth-order valence-corrected chi connectivity index (χ4v) is 2.29. The zero-order valence-electron chi connectivity index (χ0n) is 12.0. The van der Waals surface area contributed by atoms with E-state index < -0.39 is 0 Å². The smallest absolute Gasteiger partial charge is 0.355 e. The van der Waals surface area contributed by atoms with Crippen molar-refractivity contribution in [3.8, 4) is 0 Å². The van der Waals surface area contributed by atoms with Gasteiger partial charge in [-0.3, -0.25) is 0 Å². The lowest BCUT2D eigenvalue weighted by Gasteiger charge is -2.01. The van der Waals surface area contributed by atoms with Gasteiger partial charge < -0.3 is 14.1 Å². The number of nitrogens with one attached hydrogen (secondary N) is 1. The van der Waals surface area contributed by atoms with E-state index in [0.29, 0.717) is 24.6 Å². The second kappa shape index (κ2) is 5.44. The fraction of sp³-hybridized carbons (Fsp3) is 0.250. The molecule has 1 N–H and O–H groups in total. The lowest BCUT2D eigenvalue weighted by molar-refractivity contribution is 0.0519. The first-order chi connectivity index (χ1) is 10.2. The molecule has 3 aromatic rings. The molecule has 0 unspecified atom stereocenters. The highest BCUT2D eigenvalue weighted by molar-refractivity contribution is 5.89. The largest absolute Gasteiger partial charge is 0.461 e. The van der Waals surface area contributed by atoms with Crippen molar-refractivity contribution >= 4 is 17.1 Å². The number of hydrogen-bond donors (Lipinski definition) is 1. The molecule has 0 aliphatic rings. The maximum Gasteiger partial charge on any atom is 0.355 e. The van der Waals surface area contributed by atoms with Crippen LogP contribution in [-0.2, 0) is 11.2 Å². The van der Waals surface area contributed by atoms with Crippen LogP contribution in [0.4, 0.5) is 0 Å². The second-order valence-corrected chi connectivity index (χ2v) is 4.79. The molecule has 5 nitrogen and oxygen atoms in total. The number of fused-ring (bicyclic) bond motifs is 1. The maximum absolute atomic E-state index is 11.8. The fourth-order valence-electron chi connectivity index (χ4n) is 2.29. The molecule has 0 saturated carbocycles. The molecule has 2 aromatic heterocycles. The average Bonchev–Trinajstić information content (AvgIpc) is 3.03. The van der Waals surface area contributed by atoms with E-state index in [1.165, 1.54) is 0 Å². The van der Waals surface area contributed by atoms with Crippen LogP contribution in [0.25, 0.3) is 11.1 Å². The highest BCUT2D eigenvalue weighted by Gasteiger charge is 2.16. The van der Waals surface area contributed by atoms with Crippen LogP contribution in [0.1, 0.15) is 34.4 Å². The summed E-state index contributed by atoms with van der Waals surface area (Å²) in [5, 5.41) is 0. The van der Waals surface area contributed by atoms with Crippen molar-refractivity contribution in [1.82, 2.24) is 9.97 Å². The molecule has 0 saturated heterocycles. The molecular weight excluding hydrogens is 268 g/mol. The van der Waals surface area contributed by atoms with Crippen LogP contribution in [0, 0.1) is 6.92 Å². The molecule has 108 valence electrons. The molecule has 0 atom stereocenters. The van der Waals surface area contributed by atoms with Crippen LogP contribution in [0.5, 0.6) is 0 Å². The number of aromatic nitrogens is 2. The Labute approximate surface area is 121 Å². The zero-order valence-corrected chi connectivity index (χ0v) is 12.0. The molecule has 0 bridgehead atoms. The van der Waals surface area contributed by atoms with Gasteiger partial charge in [0.05, 0.1) is 13.0 Å². The summed E-state index contributed by atoms with van der Waals surface area (Å²) in [6.45, 7) is 4.04. The number of esters is 1. The molecule has 0 fully saturated rings. The monoisotopic (exact) mass is 284 g/mol. The van der Waals surface area contributed by atoms with Crippen molar-refractivity contribution < 1.29 is 13.9 Å². The van der Waals surface area contributed by atoms with Crippen molar-refractivity contribution in [2.75, 3.05) is 6.61 Å². The number of oxazole rings is 1. The van der Waals surface area contributed by atoms with Crippen LogP contribution in [-0.4, -0.2) is 22.5 Å². The minimum Gasteiger partial charge on any atom is -0.461 e. The normalized spacial score (nSPS) is 11.0. The molecular formula is C16H16N2O3. The van der Waals surface area contributed by atoms with E-state index in [2.05, 4.69) is 9.97 Å². The summed E-state index contributed by atoms with van der Waals surface area (Å²) in [5.74, 6) is 0.299. The molecule has 0 aliphatic heterocycles. The number of H-pyrrole nitrogens is 1. The van der Waals surface area contributed by atoms with Gasteiger partial charge in [0.2, 0.25) is 0 Å². The van der Waals surface area contributed by atoms with Gasteiger partial charge in [-0.15, -0.1) is 0 Å². The van der Waals surface area contributed by atoms with E-state index in [1.807, 2.05) is 31.2 Å². The maximum atomic E-state index is 11.8. The van der Waals surface area contributed by atoms with E-state index in [4.69, 9.17) is 9.15 Å². The molecule has 0 amide bonds. The number of para-hydroxylation sites is 2. The van der Waals surface area contributed by atoms with Crippen LogP contribution in [0.2, 0.25) is 0 Å². The first-order valence-corrected chi connectivity index (χ1v) is 6.87. The Bertz CT molecular complexity index is 753. The minimum atomic E-state index is -0.334. The molecule has 0 spiro atoms. The van der Waals surface area contributed by atoms with Crippen molar-refractivity contribution in [3.63, 3.8) is 0 Å². The topological polar surface area (TPSA) is 68.1 Å². The third-order valence-corrected chi connectivity index (χ3v) is 3.41. The van der Waals surface area contributed by atoms with E-state index in [1.54, 1.807) is 13.1 Å². The van der Waals surface area contributed by atoms with Crippen LogP contribution < -0.4 is 0 Å². The predicted octanol–water partition coefficient (Wildman–Crippen LogP) is 3.23. The second-order valence-electron chi connectivity index (χ2n) is 4.79. The van der Waals surface area contributed by atoms with Gasteiger partial charge in [-0.25, -0.2) is 9.78 Å². The van der Waals surface area contributed by atoms with Crippen molar-refractivity contribution in [1.29, 1.82) is 0 Å². The quantitative estimate of drug-likeness (QED) is 0.747. The van der Waals surface area contributed by atoms with Gasteiger partial charge in [0.15, 0.2) is 11.5 Å². The highest BCUT2D eigenvalue weighted by Crippen LogP contribution is 2.21. The summed E-state index contributed by atoms with van der Waals surface area (Å²) < 4.78 is 10.7. The average molecular weight is 284 g/mol. The van der Waals surface area contributed by atoms with Gasteiger partial charge >= 0.3 is 5.97 Å². The number of carbonyl (C=O) groups is 1. The Morgan fingerprint density at radius 2 is 2.19 bits per heavy atom. The molecule has 0 radical (unpaired) electrons. The van der Waals surface area contributed by atoms with Crippen molar-refractivity contribution in [3.05, 3.63) is 53.2 Å². The first-order valence-electron chi connectivity index (χ1n) is 6.87.